The van der Waals surface area contributed by atoms with E-state index >= 15 is 0 Å². The van der Waals surface area contributed by atoms with Crippen molar-refractivity contribution in [1.29, 1.82) is 0 Å². The molecule has 25 heavy (non-hydrogen) atoms. The molecule has 0 aromatic heterocycles. The van der Waals surface area contributed by atoms with Crippen LogP contribution in [0.1, 0.15) is 37.3 Å². The Kier molecular flexibility index (Phi) is 3.18. The molecule has 0 N–H and O–H groups in total. The maximum Gasteiger partial charge on any atom is 0.303 e. The van der Waals surface area contributed by atoms with E-state index in [9.17, 15) is 4.79 Å². The van der Waals surface area contributed by atoms with Gasteiger partial charge >= 0.3 is 5.97 Å². The minimum atomic E-state index is -0.216. The fraction of sp³-hybridized carbons (Fsp3) is 0.650. The van der Waals surface area contributed by atoms with E-state index in [2.05, 4.69) is 18.0 Å². The Balaban J connectivity index is 1.71. The molecule has 134 valence electrons. The first-order chi connectivity index (χ1) is 12.1. The van der Waals surface area contributed by atoms with Crippen LogP contribution < -0.4 is 9.47 Å². The first-order valence-corrected chi connectivity index (χ1v) is 9.30. The van der Waals surface area contributed by atoms with E-state index in [1.807, 2.05) is 6.07 Å². The summed E-state index contributed by atoms with van der Waals surface area (Å²) in [4.78, 5) is 14.2. The second-order valence-electron chi connectivity index (χ2n) is 8.04. The van der Waals surface area contributed by atoms with E-state index in [-0.39, 0.29) is 23.6 Å². The van der Waals surface area contributed by atoms with Gasteiger partial charge in [-0.1, -0.05) is 6.07 Å². The maximum absolute atomic E-state index is 11.7. The number of ether oxygens (including phenoxy) is 3. The molecule has 5 rings (SSSR count). The van der Waals surface area contributed by atoms with Crippen molar-refractivity contribution in [2.45, 2.75) is 56.3 Å². The van der Waals surface area contributed by atoms with Crippen LogP contribution in [0.3, 0.4) is 0 Å². The van der Waals surface area contributed by atoms with Crippen LogP contribution in [-0.4, -0.2) is 49.8 Å². The van der Waals surface area contributed by atoms with Gasteiger partial charge < -0.3 is 19.1 Å². The number of nitrogens with zero attached hydrogens (tertiary/aromatic N) is 1. The fourth-order valence-corrected chi connectivity index (χ4v) is 6.17. The van der Waals surface area contributed by atoms with Crippen molar-refractivity contribution in [1.82, 2.24) is 4.90 Å². The summed E-state index contributed by atoms with van der Waals surface area (Å²) in [7, 11) is 3.94. The van der Waals surface area contributed by atoms with Crippen LogP contribution in [0.5, 0.6) is 11.5 Å². The number of benzene rings is 1. The molecule has 0 radical (unpaired) electrons. The lowest BCUT2D eigenvalue weighted by Gasteiger charge is -2.58. The van der Waals surface area contributed by atoms with E-state index in [4.69, 9.17) is 14.2 Å². The van der Waals surface area contributed by atoms with E-state index < -0.39 is 0 Å². The highest BCUT2D eigenvalue weighted by Crippen LogP contribution is 2.64. The van der Waals surface area contributed by atoms with Gasteiger partial charge in [-0.3, -0.25) is 4.79 Å². The molecular weight excluding hydrogens is 318 g/mol. The van der Waals surface area contributed by atoms with Crippen molar-refractivity contribution in [2.24, 2.45) is 5.92 Å². The molecule has 0 amide bonds. The molecular formula is C20H25NO4. The molecule has 2 heterocycles. The Labute approximate surface area is 148 Å². The van der Waals surface area contributed by atoms with Gasteiger partial charge in [0.25, 0.3) is 0 Å². The van der Waals surface area contributed by atoms with Crippen molar-refractivity contribution in [3.05, 3.63) is 23.3 Å². The first-order valence-electron chi connectivity index (χ1n) is 9.30. The lowest BCUT2D eigenvalue weighted by Crippen LogP contribution is -2.66. The number of piperidine rings is 1. The van der Waals surface area contributed by atoms with Crippen molar-refractivity contribution in [3.63, 3.8) is 0 Å². The zero-order valence-corrected chi connectivity index (χ0v) is 15.1. The van der Waals surface area contributed by atoms with Crippen LogP contribution in [0, 0.1) is 5.92 Å². The van der Waals surface area contributed by atoms with Crippen LogP contribution in [-0.2, 0) is 21.4 Å². The Morgan fingerprint density at radius 1 is 1.36 bits per heavy atom. The second-order valence-corrected chi connectivity index (χ2v) is 8.04. The lowest BCUT2D eigenvalue weighted by atomic mass is 9.51. The molecule has 5 heteroatoms. The minimum Gasteiger partial charge on any atom is -0.493 e. The van der Waals surface area contributed by atoms with Gasteiger partial charge in [-0.15, -0.1) is 0 Å². The number of likely N-dealkylation sites (tertiary alicyclic amines) is 1. The maximum atomic E-state index is 11.7. The summed E-state index contributed by atoms with van der Waals surface area (Å²) in [5.74, 6) is 2.05. The Morgan fingerprint density at radius 2 is 2.20 bits per heavy atom. The quantitative estimate of drug-likeness (QED) is 0.771. The third-order valence-corrected chi connectivity index (χ3v) is 7.06. The number of hydrogen-bond donors (Lipinski definition) is 0. The predicted molar refractivity (Wildman–Crippen MR) is 92.1 cm³/mol. The highest BCUT2D eigenvalue weighted by Gasteiger charge is 2.66. The monoisotopic (exact) mass is 343 g/mol. The van der Waals surface area contributed by atoms with Gasteiger partial charge in [-0.05, 0) is 56.8 Å². The number of methoxy groups -OCH3 is 1. The Bertz CT molecular complexity index is 747. The van der Waals surface area contributed by atoms with Crippen molar-refractivity contribution in [3.8, 4) is 11.5 Å². The third kappa shape index (κ3) is 1.85. The van der Waals surface area contributed by atoms with E-state index in [1.54, 1.807) is 7.11 Å². The molecule has 5 unspecified atom stereocenters. The van der Waals surface area contributed by atoms with Crippen molar-refractivity contribution in [2.75, 3.05) is 20.7 Å². The second kappa shape index (κ2) is 5.13. The smallest absolute Gasteiger partial charge is 0.303 e. The van der Waals surface area contributed by atoms with Crippen LogP contribution in [0.25, 0.3) is 0 Å². The number of carbonyl (C=O) groups excluding carboxylic acids is 1. The fourth-order valence-electron chi connectivity index (χ4n) is 6.17. The predicted octanol–water partition coefficient (Wildman–Crippen LogP) is 2.30. The molecule has 1 saturated heterocycles. The van der Waals surface area contributed by atoms with E-state index in [1.165, 1.54) is 18.1 Å². The van der Waals surface area contributed by atoms with Crippen LogP contribution in [0.2, 0.25) is 0 Å². The molecule has 5 nitrogen and oxygen atoms in total. The zero-order chi connectivity index (χ0) is 17.3. The molecule has 1 spiro atoms. The first kappa shape index (κ1) is 15.5. The number of esters is 1. The normalized spacial score (nSPS) is 37.9. The highest BCUT2D eigenvalue weighted by atomic mass is 16.6. The number of likely N-dealkylation sites (N-methyl/N-ethyl adjacent to an activating group) is 1. The SMILES string of the molecule is COc1ccc2c3c1OC1C(OC(C)=O)CCC4C(C2)N(C)CCC341. The van der Waals surface area contributed by atoms with Gasteiger partial charge in [0.15, 0.2) is 11.5 Å². The molecule has 2 bridgehead atoms. The summed E-state index contributed by atoms with van der Waals surface area (Å²) in [6.07, 6.45) is 3.84. The largest absolute Gasteiger partial charge is 0.493 e. The summed E-state index contributed by atoms with van der Waals surface area (Å²) in [5, 5.41) is 0. The van der Waals surface area contributed by atoms with E-state index in [0.29, 0.717) is 12.0 Å². The van der Waals surface area contributed by atoms with Crippen LogP contribution in [0.15, 0.2) is 12.1 Å². The standard InChI is InChI=1S/C20H25NO4/c1-11(22)24-16-7-5-13-14-10-12-4-6-15(23-3)18-17(12)20(13,19(16)25-18)8-9-21(14)2/h4,6,13-14,16,19H,5,7-10H2,1-3H3. The average molecular weight is 343 g/mol. The summed E-state index contributed by atoms with van der Waals surface area (Å²) >= 11 is 0. The molecule has 2 fully saturated rings. The van der Waals surface area contributed by atoms with Gasteiger partial charge in [0, 0.05) is 23.9 Å². The average Bonchev–Trinajstić information content (AvgIpc) is 2.94. The number of rotatable bonds is 2. The van der Waals surface area contributed by atoms with Crippen LogP contribution >= 0.6 is 0 Å². The topological polar surface area (TPSA) is 48.0 Å². The highest BCUT2D eigenvalue weighted by molar-refractivity contribution is 5.67. The molecule has 1 saturated carbocycles. The van der Waals surface area contributed by atoms with E-state index in [0.717, 1.165) is 43.7 Å². The molecule has 5 atom stereocenters. The van der Waals surface area contributed by atoms with Gasteiger partial charge in [0.1, 0.15) is 12.2 Å². The molecule has 1 aromatic rings. The number of carbonyl (C=O) groups is 1. The summed E-state index contributed by atoms with van der Waals surface area (Å²) in [5.41, 5.74) is 2.70. The van der Waals surface area contributed by atoms with Crippen molar-refractivity contribution >= 4 is 5.97 Å². The van der Waals surface area contributed by atoms with Crippen LogP contribution in [0.4, 0.5) is 0 Å². The summed E-state index contributed by atoms with van der Waals surface area (Å²) in [6.45, 7) is 2.56. The van der Waals surface area contributed by atoms with Crippen molar-refractivity contribution < 1.29 is 19.0 Å². The molecule has 1 aromatic carbocycles. The molecule has 4 aliphatic rings. The Hall–Kier alpha value is -1.75. The summed E-state index contributed by atoms with van der Waals surface area (Å²) < 4.78 is 17.9. The molecule has 2 aliphatic carbocycles. The molecule has 2 aliphatic heterocycles. The van der Waals surface area contributed by atoms with Gasteiger partial charge in [0.05, 0.1) is 7.11 Å². The lowest BCUT2D eigenvalue weighted by molar-refractivity contribution is -0.163. The van der Waals surface area contributed by atoms with Gasteiger partial charge in [-0.25, -0.2) is 0 Å². The van der Waals surface area contributed by atoms with Gasteiger partial charge in [0.2, 0.25) is 0 Å². The number of hydrogen-bond acceptors (Lipinski definition) is 5. The Morgan fingerprint density at radius 3 is 2.96 bits per heavy atom. The minimum absolute atomic E-state index is 0.0347. The third-order valence-electron chi connectivity index (χ3n) is 7.06. The van der Waals surface area contributed by atoms with Gasteiger partial charge in [-0.2, -0.15) is 0 Å². The summed E-state index contributed by atoms with van der Waals surface area (Å²) in [6, 6.07) is 4.78. The zero-order valence-electron chi connectivity index (χ0n) is 15.1.